The van der Waals surface area contributed by atoms with Crippen molar-refractivity contribution in [3.63, 3.8) is 0 Å². The van der Waals surface area contributed by atoms with Crippen molar-refractivity contribution in [3.8, 4) is 0 Å². The van der Waals surface area contributed by atoms with Gasteiger partial charge in [-0.1, -0.05) is 17.7 Å². The lowest BCUT2D eigenvalue weighted by molar-refractivity contribution is 0.102. The topological polar surface area (TPSA) is 61.4 Å². The van der Waals surface area contributed by atoms with Crippen molar-refractivity contribution in [2.75, 3.05) is 43.4 Å². The summed E-state index contributed by atoms with van der Waals surface area (Å²) in [6, 6.07) is 4.13. The number of piperazine rings is 1. The number of nitrogens with one attached hydrogen (secondary N) is 1. The third kappa shape index (κ3) is 3.96. The van der Waals surface area contributed by atoms with Crippen LogP contribution in [0.4, 0.5) is 11.6 Å². The van der Waals surface area contributed by atoms with Crippen molar-refractivity contribution in [2.45, 2.75) is 20.8 Å². The van der Waals surface area contributed by atoms with Gasteiger partial charge < -0.3 is 15.1 Å². The normalized spacial score (nSPS) is 15.3. The number of aromatic nitrogens is 2. The lowest BCUT2D eigenvalue weighted by Gasteiger charge is -2.32. The second-order valence-electron chi connectivity index (χ2n) is 6.79. The maximum Gasteiger partial charge on any atom is 0.258 e. The number of benzene rings is 1. The van der Waals surface area contributed by atoms with E-state index in [1.807, 2.05) is 13.8 Å². The molecular formula is C19H25N5O. The van der Waals surface area contributed by atoms with Gasteiger partial charge in [0, 0.05) is 44.3 Å². The first-order valence-electron chi connectivity index (χ1n) is 8.59. The van der Waals surface area contributed by atoms with E-state index in [1.165, 1.54) is 5.56 Å². The Morgan fingerprint density at radius 1 is 1.00 bits per heavy atom. The SMILES string of the molecule is Cc1cc(C)c(NC(=O)c2cnc(N3CCN(C)CC3)nc2)c(C)c1. The van der Waals surface area contributed by atoms with Crippen LogP contribution in [0, 0.1) is 20.8 Å². The van der Waals surface area contributed by atoms with E-state index in [9.17, 15) is 4.79 Å². The van der Waals surface area contributed by atoms with Crippen molar-refractivity contribution in [2.24, 2.45) is 0 Å². The Balaban J connectivity index is 1.71. The molecule has 6 nitrogen and oxygen atoms in total. The molecule has 1 N–H and O–H groups in total. The summed E-state index contributed by atoms with van der Waals surface area (Å²) in [5, 5.41) is 2.99. The molecule has 0 aliphatic carbocycles. The summed E-state index contributed by atoms with van der Waals surface area (Å²) < 4.78 is 0. The summed E-state index contributed by atoms with van der Waals surface area (Å²) in [5.74, 6) is 0.507. The lowest BCUT2D eigenvalue weighted by atomic mass is 10.0. The van der Waals surface area contributed by atoms with E-state index in [-0.39, 0.29) is 5.91 Å². The number of amides is 1. The van der Waals surface area contributed by atoms with Gasteiger partial charge in [-0.15, -0.1) is 0 Å². The molecule has 2 aromatic rings. The predicted octanol–water partition coefficient (Wildman–Crippen LogP) is 2.41. The van der Waals surface area contributed by atoms with Crippen LogP contribution >= 0.6 is 0 Å². The maximum atomic E-state index is 12.5. The average molecular weight is 339 g/mol. The van der Waals surface area contributed by atoms with Crippen LogP contribution in [0.25, 0.3) is 0 Å². The van der Waals surface area contributed by atoms with E-state index in [0.29, 0.717) is 11.5 Å². The van der Waals surface area contributed by atoms with Crippen LogP contribution in [-0.2, 0) is 0 Å². The Morgan fingerprint density at radius 2 is 1.56 bits per heavy atom. The molecule has 0 atom stereocenters. The molecule has 3 rings (SSSR count). The fourth-order valence-electron chi connectivity index (χ4n) is 3.17. The second kappa shape index (κ2) is 7.19. The minimum atomic E-state index is -0.181. The number of hydrogen-bond acceptors (Lipinski definition) is 5. The first-order valence-corrected chi connectivity index (χ1v) is 8.59. The molecule has 2 heterocycles. The van der Waals surface area contributed by atoms with Crippen molar-refractivity contribution >= 4 is 17.5 Å². The Labute approximate surface area is 148 Å². The summed E-state index contributed by atoms with van der Waals surface area (Å²) in [6.45, 7) is 9.87. The molecule has 6 heteroatoms. The highest BCUT2D eigenvalue weighted by atomic mass is 16.1. The second-order valence-corrected chi connectivity index (χ2v) is 6.79. The van der Waals surface area contributed by atoms with Gasteiger partial charge in [-0.3, -0.25) is 4.79 Å². The Kier molecular flexibility index (Phi) is 4.99. The number of aryl methyl sites for hydroxylation is 3. The quantitative estimate of drug-likeness (QED) is 0.930. The molecule has 1 saturated heterocycles. The molecule has 1 aliphatic heterocycles. The number of likely N-dealkylation sites (N-methyl/N-ethyl adjacent to an activating group) is 1. The van der Waals surface area contributed by atoms with Gasteiger partial charge in [-0.2, -0.15) is 0 Å². The van der Waals surface area contributed by atoms with Crippen molar-refractivity contribution in [1.29, 1.82) is 0 Å². The standard InChI is InChI=1S/C19H25N5O/c1-13-9-14(2)17(15(3)10-13)22-18(25)16-11-20-19(21-12-16)24-7-5-23(4)6-8-24/h9-12H,5-8H2,1-4H3,(H,22,25). The highest BCUT2D eigenvalue weighted by Crippen LogP contribution is 2.22. The van der Waals surface area contributed by atoms with E-state index in [0.717, 1.165) is 43.0 Å². The summed E-state index contributed by atoms with van der Waals surface area (Å²) in [4.78, 5) is 25.7. The van der Waals surface area contributed by atoms with Crippen molar-refractivity contribution in [3.05, 3.63) is 46.8 Å². The van der Waals surface area contributed by atoms with Gasteiger partial charge in [0.2, 0.25) is 5.95 Å². The molecule has 1 aromatic heterocycles. The van der Waals surface area contributed by atoms with E-state index in [4.69, 9.17) is 0 Å². The van der Waals surface area contributed by atoms with Gasteiger partial charge in [0.05, 0.1) is 5.56 Å². The molecule has 25 heavy (non-hydrogen) atoms. The fraction of sp³-hybridized carbons (Fsp3) is 0.421. The lowest BCUT2D eigenvalue weighted by Crippen LogP contribution is -2.45. The largest absolute Gasteiger partial charge is 0.338 e. The van der Waals surface area contributed by atoms with Crippen LogP contribution in [0.5, 0.6) is 0 Å². The number of carbonyl (C=O) groups excluding carboxylic acids is 1. The number of carbonyl (C=O) groups is 1. The number of hydrogen-bond donors (Lipinski definition) is 1. The Hall–Kier alpha value is -2.47. The zero-order chi connectivity index (χ0) is 18.0. The van der Waals surface area contributed by atoms with Crippen LogP contribution in [0.3, 0.4) is 0 Å². The van der Waals surface area contributed by atoms with Gasteiger partial charge in [0.1, 0.15) is 0 Å². The first-order chi connectivity index (χ1) is 11.9. The predicted molar refractivity (Wildman–Crippen MR) is 100 cm³/mol. The summed E-state index contributed by atoms with van der Waals surface area (Å²) in [6.07, 6.45) is 3.21. The molecule has 0 saturated carbocycles. The van der Waals surface area contributed by atoms with Crippen LogP contribution in [0.1, 0.15) is 27.0 Å². The van der Waals surface area contributed by atoms with Gasteiger partial charge in [0.15, 0.2) is 0 Å². The molecule has 1 aliphatic rings. The Morgan fingerprint density at radius 3 is 2.12 bits per heavy atom. The minimum absolute atomic E-state index is 0.181. The molecule has 132 valence electrons. The van der Waals surface area contributed by atoms with E-state index in [1.54, 1.807) is 12.4 Å². The highest BCUT2D eigenvalue weighted by molar-refractivity contribution is 6.04. The first kappa shape index (κ1) is 17.4. The minimum Gasteiger partial charge on any atom is -0.338 e. The monoisotopic (exact) mass is 339 g/mol. The average Bonchev–Trinajstić information content (AvgIpc) is 2.59. The highest BCUT2D eigenvalue weighted by Gasteiger charge is 2.17. The molecule has 1 fully saturated rings. The van der Waals surface area contributed by atoms with Crippen LogP contribution in [0.15, 0.2) is 24.5 Å². The third-order valence-corrected chi connectivity index (χ3v) is 4.60. The van der Waals surface area contributed by atoms with Crippen LogP contribution < -0.4 is 10.2 Å². The Bertz CT molecular complexity index is 741. The van der Waals surface area contributed by atoms with E-state index in [2.05, 4.69) is 51.2 Å². The van der Waals surface area contributed by atoms with E-state index >= 15 is 0 Å². The van der Waals surface area contributed by atoms with Crippen LogP contribution in [0.2, 0.25) is 0 Å². The summed E-state index contributed by atoms with van der Waals surface area (Å²) in [5.41, 5.74) is 4.63. The van der Waals surface area contributed by atoms with Gasteiger partial charge >= 0.3 is 0 Å². The molecular weight excluding hydrogens is 314 g/mol. The molecule has 0 radical (unpaired) electrons. The molecule has 0 spiro atoms. The van der Waals surface area contributed by atoms with Gasteiger partial charge in [-0.25, -0.2) is 9.97 Å². The molecule has 0 unspecified atom stereocenters. The summed E-state index contributed by atoms with van der Waals surface area (Å²) >= 11 is 0. The smallest absolute Gasteiger partial charge is 0.258 e. The van der Waals surface area contributed by atoms with E-state index < -0.39 is 0 Å². The fourth-order valence-corrected chi connectivity index (χ4v) is 3.17. The summed E-state index contributed by atoms with van der Waals surface area (Å²) in [7, 11) is 2.11. The molecule has 1 amide bonds. The third-order valence-electron chi connectivity index (χ3n) is 4.60. The van der Waals surface area contributed by atoms with Gasteiger partial charge in [-0.05, 0) is 38.9 Å². The van der Waals surface area contributed by atoms with Crippen LogP contribution in [-0.4, -0.2) is 54.0 Å². The van der Waals surface area contributed by atoms with Gasteiger partial charge in [0.25, 0.3) is 5.91 Å². The number of rotatable bonds is 3. The zero-order valence-electron chi connectivity index (χ0n) is 15.3. The van der Waals surface area contributed by atoms with Crippen molar-refractivity contribution in [1.82, 2.24) is 14.9 Å². The zero-order valence-corrected chi connectivity index (χ0v) is 15.3. The maximum absolute atomic E-state index is 12.5. The number of anilines is 2. The molecule has 0 bridgehead atoms. The molecule has 1 aromatic carbocycles. The number of nitrogens with zero attached hydrogens (tertiary/aromatic N) is 4. The van der Waals surface area contributed by atoms with Crippen molar-refractivity contribution < 1.29 is 4.79 Å².